The maximum atomic E-state index is 11.7. The van der Waals surface area contributed by atoms with Gasteiger partial charge >= 0.3 is 0 Å². The first kappa shape index (κ1) is 15.9. The van der Waals surface area contributed by atoms with Gasteiger partial charge in [0.1, 0.15) is 5.78 Å². The van der Waals surface area contributed by atoms with Crippen molar-refractivity contribution in [3.8, 4) is 0 Å². The van der Waals surface area contributed by atoms with Gasteiger partial charge in [0.2, 0.25) is 0 Å². The van der Waals surface area contributed by atoms with Crippen molar-refractivity contribution < 1.29 is 9.22 Å². The van der Waals surface area contributed by atoms with Crippen LogP contribution < -0.4 is 0 Å². The molecule has 1 fully saturated rings. The van der Waals surface area contributed by atoms with E-state index in [9.17, 15) is 4.79 Å². The maximum Gasteiger partial charge on any atom is 0.192 e. The second-order valence-corrected chi connectivity index (χ2v) is 12.1. The lowest BCUT2D eigenvalue weighted by Gasteiger charge is -2.38. The predicted molar refractivity (Wildman–Crippen MR) is 79.3 cm³/mol. The summed E-state index contributed by atoms with van der Waals surface area (Å²) in [5, 5.41) is 0.253. The summed E-state index contributed by atoms with van der Waals surface area (Å²) in [5.41, 5.74) is 0. The van der Waals surface area contributed by atoms with Crippen molar-refractivity contribution in [1.29, 1.82) is 0 Å². The zero-order chi connectivity index (χ0) is 14.1. The van der Waals surface area contributed by atoms with Gasteiger partial charge in [-0.15, -0.1) is 0 Å². The molecule has 18 heavy (non-hydrogen) atoms. The Morgan fingerprint density at radius 1 is 1.28 bits per heavy atom. The van der Waals surface area contributed by atoms with E-state index in [0.29, 0.717) is 17.8 Å². The molecule has 3 heteroatoms. The molecule has 0 aromatic carbocycles. The molecular formula is C15H30O2Si. The highest BCUT2D eigenvalue weighted by atomic mass is 28.4. The highest BCUT2D eigenvalue weighted by Crippen LogP contribution is 2.42. The average molecular weight is 270 g/mol. The summed E-state index contributed by atoms with van der Waals surface area (Å²) < 4.78 is 6.46. The Labute approximate surface area is 114 Å². The minimum atomic E-state index is -1.69. The van der Waals surface area contributed by atoms with E-state index in [0.717, 1.165) is 19.3 Å². The number of carbonyl (C=O) groups excluding carboxylic acids is 1. The SMILES string of the molecule is CC[C@@H]1C[C@@H](O[Si](C)(C)C(C)(C)C)C[C@H]1C(C)=O. The molecule has 0 heterocycles. The van der Waals surface area contributed by atoms with Gasteiger partial charge in [0.25, 0.3) is 0 Å². The standard InChI is InChI=1S/C15H30O2Si/c1-8-12-9-13(10-14(12)11(2)16)17-18(6,7)15(3,4)5/h12-14H,8-10H2,1-7H3/t12-,13-,14+/m1/s1. The number of Topliss-reactive ketones (excluding diaryl/α,β-unsaturated/α-hetero) is 1. The minimum Gasteiger partial charge on any atom is -0.414 e. The number of carbonyl (C=O) groups is 1. The number of hydrogen-bond donors (Lipinski definition) is 0. The van der Waals surface area contributed by atoms with Gasteiger partial charge in [0.05, 0.1) is 0 Å². The van der Waals surface area contributed by atoms with Gasteiger partial charge in [-0.05, 0) is 43.8 Å². The number of ketones is 1. The molecule has 2 nitrogen and oxygen atoms in total. The van der Waals surface area contributed by atoms with Crippen molar-refractivity contribution in [2.75, 3.05) is 0 Å². The van der Waals surface area contributed by atoms with E-state index in [-0.39, 0.29) is 11.0 Å². The Hall–Kier alpha value is -0.153. The number of rotatable bonds is 4. The quantitative estimate of drug-likeness (QED) is 0.708. The van der Waals surface area contributed by atoms with Crippen molar-refractivity contribution in [2.45, 2.75) is 78.1 Å². The summed E-state index contributed by atoms with van der Waals surface area (Å²) >= 11 is 0. The zero-order valence-corrected chi connectivity index (χ0v) is 14.2. The molecule has 0 aromatic heterocycles. The van der Waals surface area contributed by atoms with Crippen molar-refractivity contribution in [2.24, 2.45) is 11.8 Å². The fourth-order valence-electron chi connectivity index (χ4n) is 2.71. The molecule has 0 spiro atoms. The molecule has 0 amide bonds. The Morgan fingerprint density at radius 3 is 2.17 bits per heavy atom. The smallest absolute Gasteiger partial charge is 0.192 e. The third-order valence-electron chi connectivity index (χ3n) is 4.97. The largest absolute Gasteiger partial charge is 0.414 e. The van der Waals surface area contributed by atoms with E-state index >= 15 is 0 Å². The van der Waals surface area contributed by atoms with E-state index in [1.54, 1.807) is 6.92 Å². The van der Waals surface area contributed by atoms with Crippen molar-refractivity contribution in [3.63, 3.8) is 0 Å². The molecule has 0 unspecified atom stereocenters. The Balaban J connectivity index is 2.69. The van der Waals surface area contributed by atoms with E-state index in [2.05, 4.69) is 40.8 Å². The fraction of sp³-hybridized carbons (Fsp3) is 0.933. The van der Waals surface area contributed by atoms with Crippen LogP contribution in [0.15, 0.2) is 0 Å². The van der Waals surface area contributed by atoms with Crippen molar-refractivity contribution in [1.82, 2.24) is 0 Å². The summed E-state index contributed by atoms with van der Waals surface area (Å²) in [4.78, 5) is 11.7. The summed E-state index contributed by atoms with van der Waals surface area (Å²) in [5.74, 6) is 1.13. The van der Waals surface area contributed by atoms with Gasteiger partial charge < -0.3 is 4.43 Å². The maximum absolute atomic E-state index is 11.7. The molecule has 0 N–H and O–H groups in total. The molecule has 106 valence electrons. The third-order valence-corrected chi connectivity index (χ3v) is 9.50. The fourth-order valence-corrected chi connectivity index (χ4v) is 4.09. The Bertz CT molecular complexity index is 304. The summed E-state index contributed by atoms with van der Waals surface area (Å²) in [6, 6.07) is 0. The van der Waals surface area contributed by atoms with Gasteiger partial charge in [-0.2, -0.15) is 0 Å². The number of hydrogen-bond acceptors (Lipinski definition) is 2. The molecule has 0 bridgehead atoms. The van der Waals surface area contributed by atoms with E-state index < -0.39 is 8.32 Å². The first-order valence-corrected chi connectivity index (χ1v) is 10.2. The van der Waals surface area contributed by atoms with Gasteiger partial charge in [0.15, 0.2) is 8.32 Å². The molecule has 0 radical (unpaired) electrons. The molecule has 0 aromatic rings. The summed E-state index contributed by atoms with van der Waals surface area (Å²) in [7, 11) is -1.69. The second-order valence-electron chi connectivity index (χ2n) is 7.36. The molecule has 1 aliphatic carbocycles. The first-order valence-electron chi connectivity index (χ1n) is 7.26. The summed E-state index contributed by atoms with van der Waals surface area (Å²) in [6.45, 7) is 15.3. The van der Waals surface area contributed by atoms with Gasteiger partial charge in [-0.1, -0.05) is 34.1 Å². The Kier molecular flexibility index (Phi) is 4.82. The molecule has 3 atom stereocenters. The molecule has 0 aliphatic heterocycles. The van der Waals surface area contributed by atoms with E-state index in [4.69, 9.17) is 4.43 Å². The Morgan fingerprint density at radius 2 is 1.83 bits per heavy atom. The lowest BCUT2D eigenvalue weighted by Crippen LogP contribution is -2.43. The van der Waals surface area contributed by atoms with Gasteiger partial charge in [0, 0.05) is 12.0 Å². The van der Waals surface area contributed by atoms with Gasteiger partial charge in [-0.25, -0.2) is 0 Å². The molecule has 1 rings (SSSR count). The third kappa shape index (κ3) is 3.44. The highest BCUT2D eigenvalue weighted by molar-refractivity contribution is 6.74. The normalized spacial score (nSPS) is 29.6. The average Bonchev–Trinajstić information content (AvgIpc) is 2.58. The monoisotopic (exact) mass is 270 g/mol. The van der Waals surface area contributed by atoms with Crippen LogP contribution >= 0.6 is 0 Å². The van der Waals surface area contributed by atoms with Gasteiger partial charge in [-0.3, -0.25) is 4.79 Å². The topological polar surface area (TPSA) is 26.3 Å². The zero-order valence-electron chi connectivity index (χ0n) is 13.2. The van der Waals surface area contributed by atoms with E-state index in [1.165, 1.54) is 0 Å². The highest BCUT2D eigenvalue weighted by Gasteiger charge is 2.43. The molecule has 1 saturated carbocycles. The van der Waals surface area contributed by atoms with Crippen LogP contribution in [0.2, 0.25) is 18.1 Å². The molecule has 1 aliphatic rings. The predicted octanol–water partition coefficient (Wildman–Crippen LogP) is 4.40. The van der Waals surface area contributed by atoms with Crippen LogP contribution in [0.25, 0.3) is 0 Å². The van der Waals surface area contributed by atoms with Crippen LogP contribution in [0.1, 0.15) is 53.9 Å². The van der Waals surface area contributed by atoms with Crippen LogP contribution in [0.5, 0.6) is 0 Å². The lowest BCUT2D eigenvalue weighted by molar-refractivity contribution is -0.121. The van der Waals surface area contributed by atoms with Crippen LogP contribution in [-0.4, -0.2) is 20.2 Å². The summed E-state index contributed by atoms with van der Waals surface area (Å²) in [6.07, 6.45) is 3.43. The van der Waals surface area contributed by atoms with Crippen LogP contribution in [-0.2, 0) is 9.22 Å². The van der Waals surface area contributed by atoms with Crippen LogP contribution in [0.3, 0.4) is 0 Å². The minimum absolute atomic E-state index is 0.241. The van der Waals surface area contributed by atoms with E-state index in [1.807, 2.05) is 0 Å². The van der Waals surface area contributed by atoms with Crippen LogP contribution in [0.4, 0.5) is 0 Å². The second kappa shape index (κ2) is 5.46. The van der Waals surface area contributed by atoms with Crippen molar-refractivity contribution >= 4 is 14.1 Å². The molecule has 0 saturated heterocycles. The lowest BCUT2D eigenvalue weighted by atomic mass is 9.91. The van der Waals surface area contributed by atoms with Crippen LogP contribution in [0, 0.1) is 11.8 Å². The molecular weight excluding hydrogens is 240 g/mol. The van der Waals surface area contributed by atoms with Crippen molar-refractivity contribution in [3.05, 3.63) is 0 Å². The first-order chi connectivity index (χ1) is 8.08.